The third-order valence-electron chi connectivity index (χ3n) is 3.43. The predicted molar refractivity (Wildman–Crippen MR) is 77.2 cm³/mol. The second-order valence-electron chi connectivity index (χ2n) is 5.52. The van der Waals surface area contributed by atoms with Crippen molar-refractivity contribution in [2.75, 3.05) is 52.9 Å². The zero-order valence-electron chi connectivity index (χ0n) is 12.8. The number of carbonyl (C=O) groups excluding carboxylic acids is 1. The summed E-state index contributed by atoms with van der Waals surface area (Å²) in [5, 5.41) is 3.34. The fourth-order valence-electron chi connectivity index (χ4n) is 2.34. The van der Waals surface area contributed by atoms with Gasteiger partial charge in [0.05, 0.1) is 12.7 Å². The first-order valence-corrected chi connectivity index (χ1v) is 7.34. The SMILES string of the molecule is CCNCCN1CCO[C@H](CN(C)C(=O)C(C)C)C1. The molecule has 1 fully saturated rings. The summed E-state index contributed by atoms with van der Waals surface area (Å²) in [6, 6.07) is 0. The first-order chi connectivity index (χ1) is 9.04. The second-order valence-corrected chi connectivity index (χ2v) is 5.52. The van der Waals surface area contributed by atoms with Crippen molar-refractivity contribution in [3.05, 3.63) is 0 Å². The summed E-state index contributed by atoms with van der Waals surface area (Å²) in [7, 11) is 1.86. The Hall–Kier alpha value is -0.650. The summed E-state index contributed by atoms with van der Waals surface area (Å²) < 4.78 is 5.76. The molecule has 19 heavy (non-hydrogen) atoms. The molecule has 1 atom stereocenters. The van der Waals surface area contributed by atoms with Crippen molar-refractivity contribution in [2.45, 2.75) is 26.9 Å². The molecule has 1 aliphatic rings. The molecule has 0 radical (unpaired) electrons. The van der Waals surface area contributed by atoms with Crippen LogP contribution in [0.1, 0.15) is 20.8 Å². The first-order valence-electron chi connectivity index (χ1n) is 7.34. The number of ether oxygens (including phenoxy) is 1. The Morgan fingerprint density at radius 3 is 2.89 bits per heavy atom. The highest BCUT2D eigenvalue weighted by atomic mass is 16.5. The second kappa shape index (κ2) is 8.51. The number of rotatable bonds is 7. The standard InChI is InChI=1S/C14H29N3O2/c1-5-15-6-7-17-8-9-19-13(11-17)10-16(4)14(18)12(2)3/h12-13,15H,5-11H2,1-4H3/t13-/m1/s1. The number of likely N-dealkylation sites (N-methyl/N-ethyl adjacent to an activating group) is 2. The maximum atomic E-state index is 11.9. The van der Waals surface area contributed by atoms with E-state index in [4.69, 9.17) is 4.74 Å². The van der Waals surface area contributed by atoms with Crippen LogP contribution >= 0.6 is 0 Å². The van der Waals surface area contributed by atoms with Crippen LogP contribution in [0.3, 0.4) is 0 Å². The maximum Gasteiger partial charge on any atom is 0.224 e. The predicted octanol–water partition coefficient (Wildman–Crippen LogP) is 0.411. The molecule has 1 heterocycles. The average molecular weight is 271 g/mol. The minimum Gasteiger partial charge on any atom is -0.374 e. The van der Waals surface area contributed by atoms with Gasteiger partial charge in [0.1, 0.15) is 0 Å². The number of amides is 1. The van der Waals surface area contributed by atoms with Gasteiger partial charge in [-0.05, 0) is 6.54 Å². The van der Waals surface area contributed by atoms with Crippen molar-refractivity contribution >= 4 is 5.91 Å². The normalized spacial score (nSPS) is 20.8. The van der Waals surface area contributed by atoms with Gasteiger partial charge in [-0.2, -0.15) is 0 Å². The van der Waals surface area contributed by atoms with Crippen molar-refractivity contribution in [2.24, 2.45) is 5.92 Å². The van der Waals surface area contributed by atoms with Crippen LogP contribution in [0.2, 0.25) is 0 Å². The van der Waals surface area contributed by atoms with E-state index in [9.17, 15) is 4.79 Å². The van der Waals surface area contributed by atoms with Gasteiger partial charge in [0.2, 0.25) is 5.91 Å². The van der Waals surface area contributed by atoms with Crippen LogP contribution in [0, 0.1) is 5.92 Å². The molecule has 0 aromatic rings. The van der Waals surface area contributed by atoms with Crippen LogP contribution in [-0.4, -0.2) is 74.7 Å². The van der Waals surface area contributed by atoms with Crippen LogP contribution in [-0.2, 0) is 9.53 Å². The molecular formula is C14H29N3O2. The van der Waals surface area contributed by atoms with Crippen LogP contribution in [0.15, 0.2) is 0 Å². The van der Waals surface area contributed by atoms with Gasteiger partial charge in [-0.3, -0.25) is 9.69 Å². The van der Waals surface area contributed by atoms with Gasteiger partial charge in [0, 0.05) is 45.7 Å². The van der Waals surface area contributed by atoms with Gasteiger partial charge in [-0.15, -0.1) is 0 Å². The van der Waals surface area contributed by atoms with E-state index in [0.29, 0.717) is 6.54 Å². The minimum absolute atomic E-state index is 0.0541. The summed E-state index contributed by atoms with van der Waals surface area (Å²) in [6.07, 6.45) is 0.142. The molecule has 0 unspecified atom stereocenters. The van der Waals surface area contributed by atoms with Gasteiger partial charge < -0.3 is 15.0 Å². The molecule has 1 amide bonds. The molecular weight excluding hydrogens is 242 g/mol. The Morgan fingerprint density at radius 2 is 2.26 bits per heavy atom. The van der Waals surface area contributed by atoms with E-state index in [1.165, 1.54) is 0 Å². The Labute approximate surface area is 117 Å². The van der Waals surface area contributed by atoms with Gasteiger partial charge in [-0.25, -0.2) is 0 Å². The van der Waals surface area contributed by atoms with Crippen molar-refractivity contribution in [1.29, 1.82) is 0 Å². The fourth-order valence-corrected chi connectivity index (χ4v) is 2.34. The van der Waals surface area contributed by atoms with Crippen molar-refractivity contribution in [3.8, 4) is 0 Å². The molecule has 0 aliphatic carbocycles. The van der Waals surface area contributed by atoms with Crippen LogP contribution in [0.25, 0.3) is 0 Å². The van der Waals surface area contributed by atoms with E-state index < -0.39 is 0 Å². The number of nitrogens with one attached hydrogen (secondary N) is 1. The van der Waals surface area contributed by atoms with Gasteiger partial charge in [0.25, 0.3) is 0 Å². The topological polar surface area (TPSA) is 44.8 Å². The average Bonchev–Trinajstić information content (AvgIpc) is 2.38. The van der Waals surface area contributed by atoms with E-state index in [0.717, 1.165) is 39.3 Å². The third-order valence-corrected chi connectivity index (χ3v) is 3.43. The Balaban J connectivity index is 2.32. The van der Waals surface area contributed by atoms with E-state index in [1.54, 1.807) is 4.90 Å². The lowest BCUT2D eigenvalue weighted by atomic mass is 10.2. The zero-order valence-corrected chi connectivity index (χ0v) is 12.8. The number of carbonyl (C=O) groups is 1. The summed E-state index contributed by atoms with van der Waals surface area (Å²) in [5.41, 5.74) is 0. The van der Waals surface area contributed by atoms with Crippen molar-refractivity contribution in [1.82, 2.24) is 15.1 Å². The molecule has 1 N–H and O–H groups in total. The Bertz CT molecular complexity index is 271. The Kier molecular flexibility index (Phi) is 7.34. The van der Waals surface area contributed by atoms with Crippen LogP contribution in [0.5, 0.6) is 0 Å². The van der Waals surface area contributed by atoms with Crippen molar-refractivity contribution < 1.29 is 9.53 Å². The van der Waals surface area contributed by atoms with Crippen LogP contribution in [0.4, 0.5) is 0 Å². The molecule has 0 aromatic heterocycles. The molecule has 1 aliphatic heterocycles. The third kappa shape index (κ3) is 5.89. The van der Waals surface area contributed by atoms with Gasteiger partial charge in [0.15, 0.2) is 0 Å². The lowest BCUT2D eigenvalue weighted by Crippen LogP contribution is -2.49. The van der Waals surface area contributed by atoms with E-state index in [2.05, 4.69) is 17.1 Å². The monoisotopic (exact) mass is 271 g/mol. The number of nitrogens with zero attached hydrogens (tertiary/aromatic N) is 2. The fraction of sp³-hybridized carbons (Fsp3) is 0.929. The quantitative estimate of drug-likeness (QED) is 0.681. The molecule has 0 spiro atoms. The lowest BCUT2D eigenvalue weighted by Gasteiger charge is -2.35. The molecule has 5 nitrogen and oxygen atoms in total. The summed E-state index contributed by atoms with van der Waals surface area (Å²) in [5.74, 6) is 0.242. The van der Waals surface area contributed by atoms with Gasteiger partial charge in [-0.1, -0.05) is 20.8 Å². The molecule has 0 aromatic carbocycles. The summed E-state index contributed by atoms with van der Waals surface area (Å²) >= 11 is 0. The van der Waals surface area contributed by atoms with E-state index in [1.807, 2.05) is 20.9 Å². The molecule has 1 rings (SSSR count). The summed E-state index contributed by atoms with van der Waals surface area (Å²) in [4.78, 5) is 16.1. The molecule has 5 heteroatoms. The highest BCUT2D eigenvalue weighted by molar-refractivity contribution is 5.77. The summed E-state index contributed by atoms with van der Waals surface area (Å²) in [6.45, 7) is 12.4. The van der Waals surface area contributed by atoms with Gasteiger partial charge >= 0.3 is 0 Å². The first kappa shape index (κ1) is 16.4. The van der Waals surface area contributed by atoms with Crippen molar-refractivity contribution in [3.63, 3.8) is 0 Å². The zero-order chi connectivity index (χ0) is 14.3. The van der Waals surface area contributed by atoms with E-state index in [-0.39, 0.29) is 17.9 Å². The molecule has 112 valence electrons. The van der Waals surface area contributed by atoms with E-state index >= 15 is 0 Å². The number of hydrogen-bond donors (Lipinski definition) is 1. The Morgan fingerprint density at radius 1 is 1.53 bits per heavy atom. The largest absolute Gasteiger partial charge is 0.374 e. The minimum atomic E-state index is 0.0541. The highest BCUT2D eigenvalue weighted by Crippen LogP contribution is 2.08. The number of hydrogen-bond acceptors (Lipinski definition) is 4. The molecule has 0 saturated carbocycles. The number of morpholine rings is 1. The molecule has 1 saturated heterocycles. The smallest absolute Gasteiger partial charge is 0.224 e. The lowest BCUT2D eigenvalue weighted by molar-refractivity contribution is -0.136. The molecule has 0 bridgehead atoms. The highest BCUT2D eigenvalue weighted by Gasteiger charge is 2.23. The van der Waals surface area contributed by atoms with Crippen LogP contribution < -0.4 is 5.32 Å². The maximum absolute atomic E-state index is 11.9.